The fourth-order valence-electron chi connectivity index (χ4n) is 2.43. The van der Waals surface area contributed by atoms with Crippen LogP contribution in [-0.4, -0.2) is 17.1 Å². The van der Waals surface area contributed by atoms with Crippen LogP contribution in [0.1, 0.15) is 11.3 Å². The van der Waals surface area contributed by atoms with E-state index in [2.05, 4.69) is 36.5 Å². The number of hydrogen-bond acceptors (Lipinski definition) is 5. The van der Waals surface area contributed by atoms with E-state index >= 15 is 0 Å². The standard InChI is InChI=1S/C19H19BrN4O/c1-12-8-9-17(25-3)16(10-12)23-19-21-13(2)11-18(24-19)22-15-7-5-4-6-14(15)20/h4-11H,1-3H3,(H2,21,22,23,24). The molecule has 3 aromatic rings. The van der Waals surface area contributed by atoms with Crippen molar-refractivity contribution >= 4 is 39.1 Å². The van der Waals surface area contributed by atoms with Gasteiger partial charge in [-0.1, -0.05) is 18.2 Å². The molecule has 0 amide bonds. The number of ether oxygens (including phenoxy) is 1. The van der Waals surface area contributed by atoms with Crippen molar-refractivity contribution < 1.29 is 4.74 Å². The summed E-state index contributed by atoms with van der Waals surface area (Å²) in [6.07, 6.45) is 0. The molecule has 3 rings (SSSR count). The molecule has 0 spiro atoms. The highest BCUT2D eigenvalue weighted by atomic mass is 79.9. The Morgan fingerprint density at radius 1 is 0.920 bits per heavy atom. The first-order valence-electron chi connectivity index (χ1n) is 7.84. The minimum absolute atomic E-state index is 0.512. The van der Waals surface area contributed by atoms with Crippen molar-refractivity contribution in [3.8, 4) is 5.75 Å². The van der Waals surface area contributed by atoms with Crippen molar-refractivity contribution in [3.05, 3.63) is 64.3 Å². The van der Waals surface area contributed by atoms with Crippen LogP contribution in [0.25, 0.3) is 0 Å². The normalized spacial score (nSPS) is 10.4. The molecular weight excluding hydrogens is 380 g/mol. The van der Waals surface area contributed by atoms with Crippen molar-refractivity contribution in [2.75, 3.05) is 17.7 Å². The SMILES string of the molecule is COc1ccc(C)cc1Nc1nc(C)cc(Nc2ccccc2Br)n1. The van der Waals surface area contributed by atoms with Gasteiger partial charge in [-0.15, -0.1) is 0 Å². The van der Waals surface area contributed by atoms with Crippen LogP contribution in [0.15, 0.2) is 53.0 Å². The van der Waals surface area contributed by atoms with E-state index in [1.807, 2.05) is 62.4 Å². The molecule has 2 N–H and O–H groups in total. The summed E-state index contributed by atoms with van der Waals surface area (Å²) >= 11 is 3.53. The lowest BCUT2D eigenvalue weighted by molar-refractivity contribution is 0.416. The Morgan fingerprint density at radius 3 is 2.48 bits per heavy atom. The second-order valence-corrected chi connectivity index (χ2v) is 6.51. The molecule has 0 aliphatic rings. The third-order valence-electron chi connectivity index (χ3n) is 3.59. The monoisotopic (exact) mass is 398 g/mol. The van der Waals surface area contributed by atoms with E-state index in [4.69, 9.17) is 4.74 Å². The fraction of sp³-hybridized carbons (Fsp3) is 0.158. The number of benzene rings is 2. The van der Waals surface area contributed by atoms with Crippen molar-refractivity contribution in [1.29, 1.82) is 0 Å². The maximum atomic E-state index is 5.40. The van der Waals surface area contributed by atoms with Crippen LogP contribution < -0.4 is 15.4 Å². The Balaban J connectivity index is 1.90. The molecule has 0 saturated carbocycles. The van der Waals surface area contributed by atoms with Crippen LogP contribution >= 0.6 is 15.9 Å². The maximum absolute atomic E-state index is 5.40. The van der Waals surface area contributed by atoms with Gasteiger partial charge in [0.2, 0.25) is 5.95 Å². The van der Waals surface area contributed by atoms with Crippen molar-refractivity contribution in [2.24, 2.45) is 0 Å². The zero-order valence-electron chi connectivity index (χ0n) is 14.3. The molecular formula is C19H19BrN4O. The van der Waals surface area contributed by atoms with E-state index in [0.29, 0.717) is 11.8 Å². The van der Waals surface area contributed by atoms with Gasteiger partial charge in [-0.3, -0.25) is 0 Å². The fourth-order valence-corrected chi connectivity index (χ4v) is 2.81. The summed E-state index contributed by atoms with van der Waals surface area (Å²) in [7, 11) is 1.65. The van der Waals surface area contributed by atoms with Gasteiger partial charge in [0.25, 0.3) is 0 Å². The molecule has 0 saturated heterocycles. The smallest absolute Gasteiger partial charge is 0.229 e. The first-order chi connectivity index (χ1) is 12.0. The number of nitrogens with zero attached hydrogens (tertiary/aromatic N) is 2. The molecule has 128 valence electrons. The van der Waals surface area contributed by atoms with Gasteiger partial charge >= 0.3 is 0 Å². The number of nitrogens with one attached hydrogen (secondary N) is 2. The van der Waals surface area contributed by atoms with Gasteiger partial charge in [-0.2, -0.15) is 4.98 Å². The quantitative estimate of drug-likeness (QED) is 0.606. The highest BCUT2D eigenvalue weighted by Crippen LogP contribution is 2.29. The van der Waals surface area contributed by atoms with Gasteiger partial charge in [0.05, 0.1) is 18.5 Å². The van der Waals surface area contributed by atoms with Gasteiger partial charge in [-0.25, -0.2) is 4.98 Å². The van der Waals surface area contributed by atoms with Crippen LogP contribution in [0.4, 0.5) is 23.1 Å². The molecule has 0 aliphatic heterocycles. The van der Waals surface area contributed by atoms with E-state index in [1.54, 1.807) is 7.11 Å². The van der Waals surface area contributed by atoms with Crippen molar-refractivity contribution in [2.45, 2.75) is 13.8 Å². The second-order valence-electron chi connectivity index (χ2n) is 5.65. The van der Waals surface area contributed by atoms with Gasteiger partial charge in [0, 0.05) is 16.2 Å². The van der Waals surface area contributed by atoms with E-state index < -0.39 is 0 Å². The van der Waals surface area contributed by atoms with E-state index in [1.165, 1.54) is 0 Å². The van der Waals surface area contributed by atoms with Gasteiger partial charge < -0.3 is 15.4 Å². The summed E-state index contributed by atoms with van der Waals surface area (Å²) in [5, 5.41) is 6.56. The average Bonchev–Trinajstić information content (AvgIpc) is 2.57. The lowest BCUT2D eigenvalue weighted by Gasteiger charge is -2.13. The number of anilines is 4. The summed E-state index contributed by atoms with van der Waals surface area (Å²) in [4.78, 5) is 9.03. The van der Waals surface area contributed by atoms with Gasteiger partial charge in [-0.05, 0) is 59.6 Å². The predicted octanol–water partition coefficient (Wildman–Crippen LogP) is 5.35. The van der Waals surface area contributed by atoms with Crippen molar-refractivity contribution in [1.82, 2.24) is 9.97 Å². The molecule has 0 radical (unpaired) electrons. The molecule has 0 atom stereocenters. The molecule has 1 heterocycles. The Labute approximate surface area is 155 Å². The summed E-state index contributed by atoms with van der Waals surface area (Å²) < 4.78 is 6.38. The summed E-state index contributed by atoms with van der Waals surface area (Å²) in [6, 6.07) is 15.7. The molecule has 6 heteroatoms. The minimum atomic E-state index is 0.512. The minimum Gasteiger partial charge on any atom is -0.495 e. The number of methoxy groups -OCH3 is 1. The molecule has 5 nitrogen and oxygen atoms in total. The van der Waals surface area contributed by atoms with Crippen LogP contribution in [0.5, 0.6) is 5.75 Å². The largest absolute Gasteiger partial charge is 0.495 e. The zero-order chi connectivity index (χ0) is 17.8. The number of hydrogen-bond donors (Lipinski definition) is 2. The lowest BCUT2D eigenvalue weighted by atomic mass is 10.2. The predicted molar refractivity (Wildman–Crippen MR) is 105 cm³/mol. The number of para-hydroxylation sites is 1. The van der Waals surface area contributed by atoms with Crippen LogP contribution in [0.3, 0.4) is 0 Å². The molecule has 0 fully saturated rings. The zero-order valence-corrected chi connectivity index (χ0v) is 15.9. The summed E-state index contributed by atoms with van der Waals surface area (Å²) in [5.74, 6) is 1.97. The average molecular weight is 399 g/mol. The van der Waals surface area contributed by atoms with Gasteiger partial charge in [0.15, 0.2) is 0 Å². The first-order valence-corrected chi connectivity index (χ1v) is 8.63. The maximum Gasteiger partial charge on any atom is 0.229 e. The molecule has 0 bridgehead atoms. The topological polar surface area (TPSA) is 59.1 Å². The second kappa shape index (κ2) is 7.53. The first kappa shape index (κ1) is 17.2. The molecule has 25 heavy (non-hydrogen) atoms. The van der Waals surface area contributed by atoms with Gasteiger partial charge in [0.1, 0.15) is 11.6 Å². The van der Waals surface area contributed by atoms with E-state index in [0.717, 1.165) is 32.9 Å². The number of aromatic nitrogens is 2. The molecule has 2 aromatic carbocycles. The highest BCUT2D eigenvalue weighted by molar-refractivity contribution is 9.10. The molecule has 1 aromatic heterocycles. The number of aryl methyl sites for hydroxylation is 2. The lowest BCUT2D eigenvalue weighted by Crippen LogP contribution is -2.03. The Kier molecular flexibility index (Phi) is 5.19. The molecule has 0 unspecified atom stereocenters. The number of rotatable bonds is 5. The Morgan fingerprint density at radius 2 is 1.72 bits per heavy atom. The van der Waals surface area contributed by atoms with Crippen LogP contribution in [0.2, 0.25) is 0 Å². The summed E-state index contributed by atoms with van der Waals surface area (Å²) in [6.45, 7) is 3.97. The molecule has 0 aliphatic carbocycles. The number of halogens is 1. The van der Waals surface area contributed by atoms with E-state index in [9.17, 15) is 0 Å². The Hall–Kier alpha value is -2.60. The Bertz CT molecular complexity index is 898. The van der Waals surface area contributed by atoms with E-state index in [-0.39, 0.29) is 0 Å². The third-order valence-corrected chi connectivity index (χ3v) is 4.28. The van der Waals surface area contributed by atoms with Crippen molar-refractivity contribution in [3.63, 3.8) is 0 Å². The third kappa shape index (κ3) is 4.28. The van der Waals surface area contributed by atoms with Crippen LogP contribution in [0, 0.1) is 13.8 Å². The summed E-state index contributed by atoms with van der Waals surface area (Å²) in [5.41, 5.74) is 3.76. The highest BCUT2D eigenvalue weighted by Gasteiger charge is 2.08. The van der Waals surface area contributed by atoms with Crippen LogP contribution in [-0.2, 0) is 0 Å².